The number of hydrogen-bond acceptors (Lipinski definition) is 2. The van der Waals surface area contributed by atoms with Gasteiger partial charge in [0, 0.05) is 6.04 Å². The first-order valence-electron chi connectivity index (χ1n) is 4.67. The highest BCUT2D eigenvalue weighted by Gasteiger charge is 2.14. The third kappa shape index (κ3) is 3.18. The van der Waals surface area contributed by atoms with Crippen molar-refractivity contribution in [3.8, 4) is 0 Å². The largest absolute Gasteiger partial charge is 0.241 e. The highest BCUT2D eigenvalue weighted by molar-refractivity contribution is 7.89. The fourth-order valence-corrected chi connectivity index (χ4v) is 2.29. The lowest BCUT2D eigenvalue weighted by atomic mass is 10.2. The molecule has 1 rings (SSSR count). The number of hydrogen-bond donors (Lipinski definition) is 1. The first-order valence-corrected chi connectivity index (χ1v) is 6.15. The van der Waals surface area contributed by atoms with E-state index in [9.17, 15) is 8.42 Å². The second-order valence-electron chi connectivity index (χ2n) is 3.46. The van der Waals surface area contributed by atoms with Crippen LogP contribution in [0.5, 0.6) is 0 Å². The maximum Gasteiger partial charge on any atom is 0.241 e. The van der Waals surface area contributed by atoms with Crippen molar-refractivity contribution < 1.29 is 8.42 Å². The molecule has 0 spiro atoms. The van der Waals surface area contributed by atoms with E-state index in [1.165, 1.54) is 0 Å². The van der Waals surface area contributed by atoms with Crippen molar-refractivity contribution in [3.63, 3.8) is 0 Å². The maximum atomic E-state index is 11.8. The fourth-order valence-electron chi connectivity index (χ4n) is 1.08. The van der Waals surface area contributed by atoms with Crippen molar-refractivity contribution in [3.05, 3.63) is 42.5 Å². The Labute approximate surface area is 90.9 Å². The van der Waals surface area contributed by atoms with Crippen molar-refractivity contribution >= 4 is 10.0 Å². The molecule has 1 N–H and O–H groups in total. The summed E-state index contributed by atoms with van der Waals surface area (Å²) >= 11 is 0. The van der Waals surface area contributed by atoms with Crippen molar-refractivity contribution in [2.24, 2.45) is 0 Å². The Morgan fingerprint density at radius 2 is 1.87 bits per heavy atom. The summed E-state index contributed by atoms with van der Waals surface area (Å²) in [5.41, 5.74) is 1.03. The second kappa shape index (κ2) is 4.59. The summed E-state index contributed by atoms with van der Waals surface area (Å²) in [7, 11) is -3.41. The van der Waals surface area contributed by atoms with E-state index in [4.69, 9.17) is 0 Å². The van der Waals surface area contributed by atoms with Gasteiger partial charge in [0.2, 0.25) is 10.0 Å². The predicted molar refractivity (Wildman–Crippen MR) is 61.2 cm³/mol. The molecule has 0 amide bonds. The van der Waals surface area contributed by atoms with E-state index in [0.717, 1.165) is 5.56 Å². The van der Waals surface area contributed by atoms with Crippen molar-refractivity contribution in [1.82, 2.24) is 4.72 Å². The van der Waals surface area contributed by atoms with Gasteiger partial charge in [-0.1, -0.05) is 23.8 Å². The van der Waals surface area contributed by atoms with Crippen LogP contribution in [0.4, 0.5) is 0 Å². The topological polar surface area (TPSA) is 46.2 Å². The van der Waals surface area contributed by atoms with Crippen molar-refractivity contribution in [2.75, 3.05) is 0 Å². The van der Waals surface area contributed by atoms with Crippen LogP contribution in [0.3, 0.4) is 0 Å². The molecule has 0 fully saturated rings. The lowest BCUT2D eigenvalue weighted by molar-refractivity contribution is 0.576. The summed E-state index contributed by atoms with van der Waals surface area (Å²) in [6, 6.07) is 6.46. The highest BCUT2D eigenvalue weighted by atomic mass is 32.2. The summed E-state index contributed by atoms with van der Waals surface area (Å²) in [6.45, 7) is 7.17. The van der Waals surface area contributed by atoms with E-state index in [0.29, 0.717) is 0 Å². The predicted octanol–water partition coefficient (Wildman–Crippen LogP) is 1.85. The molecule has 0 heterocycles. The Morgan fingerprint density at radius 1 is 1.33 bits per heavy atom. The van der Waals surface area contributed by atoms with Gasteiger partial charge in [-0.05, 0) is 26.0 Å². The lowest BCUT2D eigenvalue weighted by Crippen LogP contribution is -2.30. The monoisotopic (exact) mass is 225 g/mol. The SMILES string of the molecule is C=C[C@@H](C)NS(=O)(=O)c1ccc(C)cc1. The summed E-state index contributed by atoms with van der Waals surface area (Å²) < 4.78 is 26.0. The number of sulfonamides is 1. The minimum Gasteiger partial charge on any atom is -0.207 e. The van der Waals surface area contributed by atoms with Gasteiger partial charge in [0.05, 0.1) is 4.90 Å². The standard InChI is InChI=1S/C11H15NO2S/c1-4-10(3)12-15(13,14)11-7-5-9(2)6-8-11/h4-8,10,12H,1H2,2-3H3/t10-/m1/s1. The minimum absolute atomic E-state index is 0.267. The van der Waals surface area contributed by atoms with Crippen LogP contribution < -0.4 is 4.72 Å². The van der Waals surface area contributed by atoms with Crippen molar-refractivity contribution in [1.29, 1.82) is 0 Å². The Bertz CT molecular complexity index is 434. The molecule has 1 aromatic rings. The summed E-state index contributed by atoms with van der Waals surface area (Å²) in [5.74, 6) is 0. The normalized spacial score (nSPS) is 13.5. The molecule has 4 heteroatoms. The van der Waals surface area contributed by atoms with E-state index in [-0.39, 0.29) is 10.9 Å². The molecule has 0 unspecified atom stereocenters. The lowest BCUT2D eigenvalue weighted by Gasteiger charge is -2.10. The molecule has 0 aliphatic rings. The Morgan fingerprint density at radius 3 is 2.33 bits per heavy atom. The molecule has 15 heavy (non-hydrogen) atoms. The molecular weight excluding hydrogens is 210 g/mol. The first kappa shape index (κ1) is 11.9. The van der Waals surface area contributed by atoms with Gasteiger partial charge in [-0.3, -0.25) is 0 Å². The van der Waals surface area contributed by atoms with Gasteiger partial charge >= 0.3 is 0 Å². The molecule has 1 atom stereocenters. The number of benzene rings is 1. The first-order chi connectivity index (χ1) is 6.95. The molecule has 0 aliphatic carbocycles. The summed E-state index contributed by atoms with van der Waals surface area (Å²) in [5, 5.41) is 0. The van der Waals surface area contributed by atoms with Gasteiger partial charge in [0.15, 0.2) is 0 Å². The quantitative estimate of drug-likeness (QED) is 0.795. The van der Waals surface area contributed by atoms with Crippen LogP contribution in [0.15, 0.2) is 41.8 Å². The Balaban J connectivity index is 2.96. The van der Waals surface area contributed by atoms with Gasteiger partial charge in [-0.25, -0.2) is 13.1 Å². The van der Waals surface area contributed by atoms with Gasteiger partial charge < -0.3 is 0 Å². The number of aryl methyl sites for hydroxylation is 1. The third-order valence-electron chi connectivity index (χ3n) is 2.03. The van der Waals surface area contributed by atoms with Gasteiger partial charge in [0.25, 0.3) is 0 Å². The molecule has 0 aliphatic heterocycles. The molecule has 0 radical (unpaired) electrons. The smallest absolute Gasteiger partial charge is 0.207 e. The molecule has 82 valence electrons. The third-order valence-corrected chi connectivity index (χ3v) is 3.60. The fraction of sp³-hybridized carbons (Fsp3) is 0.273. The number of nitrogens with one attached hydrogen (secondary N) is 1. The summed E-state index contributed by atoms with van der Waals surface area (Å²) in [6.07, 6.45) is 1.55. The molecule has 0 saturated heterocycles. The molecular formula is C11H15NO2S. The molecule has 1 aromatic carbocycles. The van der Waals surface area contributed by atoms with E-state index >= 15 is 0 Å². The van der Waals surface area contributed by atoms with Crippen LogP contribution in [-0.2, 0) is 10.0 Å². The van der Waals surface area contributed by atoms with Gasteiger partial charge in [-0.2, -0.15) is 0 Å². The molecule has 3 nitrogen and oxygen atoms in total. The van der Waals surface area contributed by atoms with Crippen LogP contribution in [-0.4, -0.2) is 14.5 Å². The Kier molecular flexibility index (Phi) is 3.66. The maximum absolute atomic E-state index is 11.8. The van der Waals surface area contributed by atoms with Gasteiger partial charge in [0.1, 0.15) is 0 Å². The van der Waals surface area contributed by atoms with E-state index in [2.05, 4.69) is 11.3 Å². The van der Waals surface area contributed by atoms with Crippen LogP contribution >= 0.6 is 0 Å². The van der Waals surface area contributed by atoms with Crippen LogP contribution in [0.1, 0.15) is 12.5 Å². The zero-order valence-electron chi connectivity index (χ0n) is 8.90. The molecule has 0 saturated carbocycles. The molecule has 0 bridgehead atoms. The van der Waals surface area contributed by atoms with Gasteiger partial charge in [-0.15, -0.1) is 6.58 Å². The van der Waals surface area contributed by atoms with Crippen molar-refractivity contribution in [2.45, 2.75) is 24.8 Å². The number of rotatable bonds is 4. The van der Waals surface area contributed by atoms with Crippen LogP contribution in [0.25, 0.3) is 0 Å². The average molecular weight is 225 g/mol. The van der Waals surface area contributed by atoms with E-state index in [1.54, 1.807) is 37.3 Å². The highest BCUT2D eigenvalue weighted by Crippen LogP contribution is 2.10. The minimum atomic E-state index is -3.41. The second-order valence-corrected chi connectivity index (χ2v) is 5.17. The van der Waals surface area contributed by atoms with Crippen LogP contribution in [0.2, 0.25) is 0 Å². The molecule has 0 aromatic heterocycles. The zero-order chi connectivity index (χ0) is 11.5. The van der Waals surface area contributed by atoms with Crippen LogP contribution in [0, 0.1) is 6.92 Å². The zero-order valence-corrected chi connectivity index (χ0v) is 9.71. The van der Waals surface area contributed by atoms with E-state index < -0.39 is 10.0 Å². The Hall–Kier alpha value is -1.13. The average Bonchev–Trinajstić information content (AvgIpc) is 2.17. The van der Waals surface area contributed by atoms with E-state index in [1.807, 2.05) is 6.92 Å². The summed E-state index contributed by atoms with van der Waals surface area (Å²) in [4.78, 5) is 0.279.